The Labute approximate surface area is 132 Å². The fraction of sp³-hybridized carbons (Fsp3) is 0.250. The average Bonchev–Trinajstić information content (AvgIpc) is 3.12. The van der Waals surface area contributed by atoms with E-state index >= 15 is 0 Å². The summed E-state index contributed by atoms with van der Waals surface area (Å²) in [5.41, 5.74) is 1.54. The Hall–Kier alpha value is -2.34. The maximum absolute atomic E-state index is 11.9. The molecule has 22 heavy (non-hydrogen) atoms. The third-order valence-corrected chi connectivity index (χ3v) is 4.27. The molecule has 0 unspecified atom stereocenters. The minimum Gasteiger partial charge on any atom is -0.461 e. The van der Waals surface area contributed by atoms with Crippen LogP contribution < -0.4 is 10.6 Å². The average molecular weight is 316 g/mol. The van der Waals surface area contributed by atoms with Gasteiger partial charge in [-0.25, -0.2) is 4.79 Å². The smallest absolute Gasteiger partial charge is 0.328 e. The van der Waals surface area contributed by atoms with Crippen LogP contribution in [0.1, 0.15) is 23.0 Å². The summed E-state index contributed by atoms with van der Waals surface area (Å²) in [4.78, 5) is 24.2. The Morgan fingerprint density at radius 3 is 2.55 bits per heavy atom. The molecule has 1 amide bonds. The molecule has 1 aromatic heterocycles. The number of cyclic esters (lactones) is 1. The number of nitrogens with one attached hydrogen (secondary N) is 2. The Kier molecular flexibility index (Phi) is 4.11. The van der Waals surface area contributed by atoms with E-state index in [0.717, 1.165) is 5.69 Å². The first kappa shape index (κ1) is 14.6. The SMILES string of the molecule is C[C@H]1C[C@@H](Nc2ccc(NC(=O)c3cccs3)cc2)C(=O)O1. The number of thiophene rings is 1. The lowest BCUT2D eigenvalue weighted by Gasteiger charge is -2.11. The molecular formula is C16H16N2O3S. The standard InChI is InChI=1S/C16H16N2O3S/c1-10-9-13(16(20)21-10)17-11-4-6-12(7-5-11)18-15(19)14-3-2-8-22-14/h2-8,10,13,17H,9H2,1H3,(H,18,19)/t10-,13+/m0/s1. The molecule has 1 aliphatic heterocycles. The number of amides is 1. The monoisotopic (exact) mass is 316 g/mol. The van der Waals surface area contributed by atoms with Gasteiger partial charge in [0.15, 0.2) is 0 Å². The summed E-state index contributed by atoms with van der Waals surface area (Å²) in [5, 5.41) is 7.84. The van der Waals surface area contributed by atoms with E-state index in [-0.39, 0.29) is 24.0 Å². The number of hydrogen-bond donors (Lipinski definition) is 2. The van der Waals surface area contributed by atoms with Gasteiger partial charge in [0.2, 0.25) is 0 Å². The summed E-state index contributed by atoms with van der Waals surface area (Å²) >= 11 is 1.40. The van der Waals surface area contributed by atoms with Crippen LogP contribution in [0.5, 0.6) is 0 Å². The topological polar surface area (TPSA) is 67.4 Å². The highest BCUT2D eigenvalue weighted by Gasteiger charge is 2.31. The molecule has 6 heteroatoms. The number of esters is 1. The van der Waals surface area contributed by atoms with Gasteiger partial charge in [0.25, 0.3) is 5.91 Å². The van der Waals surface area contributed by atoms with E-state index in [1.165, 1.54) is 11.3 Å². The normalized spacial score (nSPS) is 20.5. The molecule has 114 valence electrons. The van der Waals surface area contributed by atoms with Crippen molar-refractivity contribution in [3.8, 4) is 0 Å². The lowest BCUT2D eigenvalue weighted by molar-refractivity contribution is -0.141. The van der Waals surface area contributed by atoms with Crippen LogP contribution in [-0.2, 0) is 9.53 Å². The highest BCUT2D eigenvalue weighted by Crippen LogP contribution is 2.21. The van der Waals surface area contributed by atoms with E-state index in [0.29, 0.717) is 17.0 Å². The van der Waals surface area contributed by atoms with Gasteiger partial charge in [0.05, 0.1) is 4.88 Å². The zero-order valence-electron chi connectivity index (χ0n) is 12.0. The van der Waals surface area contributed by atoms with Crippen molar-refractivity contribution in [2.75, 3.05) is 10.6 Å². The highest BCUT2D eigenvalue weighted by atomic mass is 32.1. The number of anilines is 2. The van der Waals surface area contributed by atoms with E-state index in [9.17, 15) is 9.59 Å². The van der Waals surface area contributed by atoms with Crippen LogP contribution in [0.3, 0.4) is 0 Å². The molecule has 2 atom stereocenters. The number of ether oxygens (including phenoxy) is 1. The molecule has 1 fully saturated rings. The summed E-state index contributed by atoms with van der Waals surface area (Å²) in [7, 11) is 0. The van der Waals surface area contributed by atoms with Crippen LogP contribution >= 0.6 is 11.3 Å². The van der Waals surface area contributed by atoms with Gasteiger partial charge in [0, 0.05) is 17.8 Å². The molecule has 3 rings (SSSR count). The molecule has 2 aromatic rings. The number of hydrogen-bond acceptors (Lipinski definition) is 5. The highest BCUT2D eigenvalue weighted by molar-refractivity contribution is 7.12. The lowest BCUT2D eigenvalue weighted by Crippen LogP contribution is -2.24. The molecule has 1 aliphatic rings. The third kappa shape index (κ3) is 3.28. The van der Waals surface area contributed by atoms with Crippen molar-refractivity contribution in [2.24, 2.45) is 0 Å². The fourth-order valence-electron chi connectivity index (χ4n) is 2.33. The summed E-state index contributed by atoms with van der Waals surface area (Å²) in [6.07, 6.45) is 0.616. The van der Waals surface area contributed by atoms with E-state index in [4.69, 9.17) is 4.74 Å². The second kappa shape index (κ2) is 6.19. The van der Waals surface area contributed by atoms with Crippen LogP contribution in [-0.4, -0.2) is 24.0 Å². The maximum atomic E-state index is 11.9. The molecule has 0 spiro atoms. The molecule has 0 radical (unpaired) electrons. The maximum Gasteiger partial charge on any atom is 0.328 e. The second-order valence-electron chi connectivity index (χ2n) is 5.19. The van der Waals surface area contributed by atoms with E-state index in [1.54, 1.807) is 18.2 Å². The quantitative estimate of drug-likeness (QED) is 0.851. The Morgan fingerprint density at radius 1 is 1.23 bits per heavy atom. The first-order chi connectivity index (χ1) is 10.6. The van der Waals surface area contributed by atoms with Crippen molar-refractivity contribution >= 4 is 34.6 Å². The van der Waals surface area contributed by atoms with Crippen molar-refractivity contribution in [1.29, 1.82) is 0 Å². The first-order valence-electron chi connectivity index (χ1n) is 7.04. The van der Waals surface area contributed by atoms with Crippen molar-refractivity contribution in [1.82, 2.24) is 0 Å². The van der Waals surface area contributed by atoms with Gasteiger partial charge < -0.3 is 15.4 Å². The number of rotatable bonds is 4. The van der Waals surface area contributed by atoms with Crippen LogP contribution in [0.4, 0.5) is 11.4 Å². The zero-order valence-corrected chi connectivity index (χ0v) is 12.9. The van der Waals surface area contributed by atoms with E-state index in [2.05, 4.69) is 10.6 Å². The van der Waals surface area contributed by atoms with E-state index in [1.807, 2.05) is 30.5 Å². The molecule has 0 bridgehead atoms. The van der Waals surface area contributed by atoms with Crippen LogP contribution in [0.25, 0.3) is 0 Å². The van der Waals surface area contributed by atoms with Crippen molar-refractivity contribution in [3.05, 3.63) is 46.7 Å². The second-order valence-corrected chi connectivity index (χ2v) is 6.14. The molecular weight excluding hydrogens is 300 g/mol. The largest absolute Gasteiger partial charge is 0.461 e. The van der Waals surface area contributed by atoms with Crippen LogP contribution in [0.2, 0.25) is 0 Å². The molecule has 1 saturated heterocycles. The van der Waals surface area contributed by atoms with Gasteiger partial charge in [-0.3, -0.25) is 4.79 Å². The molecule has 5 nitrogen and oxygen atoms in total. The molecule has 1 aromatic carbocycles. The van der Waals surface area contributed by atoms with Crippen molar-refractivity contribution in [2.45, 2.75) is 25.5 Å². The van der Waals surface area contributed by atoms with Crippen molar-refractivity contribution in [3.63, 3.8) is 0 Å². The zero-order chi connectivity index (χ0) is 15.5. The number of carbonyl (C=O) groups excluding carboxylic acids is 2. The first-order valence-corrected chi connectivity index (χ1v) is 7.92. The number of benzene rings is 1. The van der Waals surface area contributed by atoms with Gasteiger partial charge in [-0.05, 0) is 42.6 Å². The van der Waals surface area contributed by atoms with Gasteiger partial charge in [-0.1, -0.05) is 6.07 Å². The predicted molar refractivity (Wildman–Crippen MR) is 86.3 cm³/mol. The minimum atomic E-state index is -0.304. The molecule has 2 N–H and O–H groups in total. The third-order valence-electron chi connectivity index (χ3n) is 3.40. The Balaban J connectivity index is 1.61. The summed E-state index contributed by atoms with van der Waals surface area (Å²) in [6.45, 7) is 1.88. The molecule has 2 heterocycles. The van der Waals surface area contributed by atoms with Gasteiger partial charge in [-0.15, -0.1) is 11.3 Å². The Bertz CT molecular complexity index is 667. The van der Waals surface area contributed by atoms with Crippen LogP contribution in [0, 0.1) is 0 Å². The molecule has 0 aliphatic carbocycles. The fourth-order valence-corrected chi connectivity index (χ4v) is 2.94. The summed E-state index contributed by atoms with van der Waals surface area (Å²) in [5.74, 6) is -0.341. The lowest BCUT2D eigenvalue weighted by atomic mass is 10.1. The summed E-state index contributed by atoms with van der Waals surface area (Å²) < 4.78 is 5.11. The van der Waals surface area contributed by atoms with Gasteiger partial charge in [-0.2, -0.15) is 0 Å². The van der Waals surface area contributed by atoms with Crippen molar-refractivity contribution < 1.29 is 14.3 Å². The van der Waals surface area contributed by atoms with Gasteiger partial charge >= 0.3 is 5.97 Å². The minimum absolute atomic E-state index is 0.0469. The van der Waals surface area contributed by atoms with E-state index < -0.39 is 0 Å². The Morgan fingerprint density at radius 2 is 1.95 bits per heavy atom. The van der Waals surface area contributed by atoms with Gasteiger partial charge in [0.1, 0.15) is 12.1 Å². The number of carbonyl (C=O) groups is 2. The summed E-state index contributed by atoms with van der Waals surface area (Å²) in [6, 6.07) is 10.6. The van der Waals surface area contributed by atoms with Crippen LogP contribution in [0.15, 0.2) is 41.8 Å². The molecule has 0 saturated carbocycles. The predicted octanol–water partition coefficient (Wildman–Crippen LogP) is 3.12.